The van der Waals surface area contributed by atoms with Crippen molar-refractivity contribution in [3.63, 3.8) is 0 Å². The second-order valence-electron chi connectivity index (χ2n) is 5.30. The van der Waals surface area contributed by atoms with E-state index in [1.807, 2.05) is 27.7 Å². The van der Waals surface area contributed by atoms with Gasteiger partial charge in [0.2, 0.25) is 15.7 Å². The zero-order valence-electron chi connectivity index (χ0n) is 13.8. The van der Waals surface area contributed by atoms with E-state index in [1.165, 1.54) is 11.4 Å². The lowest BCUT2D eigenvalue weighted by molar-refractivity contribution is 0.186. The molecule has 0 bridgehead atoms. The maximum atomic E-state index is 12.1. The minimum Gasteiger partial charge on any atom is -0.319 e. The first-order valence-corrected chi connectivity index (χ1v) is 13.0. The van der Waals surface area contributed by atoms with E-state index in [2.05, 4.69) is 4.72 Å². The first kappa shape index (κ1) is 21.1. The Kier molecular flexibility index (Phi) is 8.72. The van der Waals surface area contributed by atoms with Gasteiger partial charge in [0.15, 0.2) is 0 Å². The molecule has 0 spiro atoms. The average molecular weight is 398 g/mol. The molecule has 9 heteroatoms. The van der Waals surface area contributed by atoms with Crippen LogP contribution in [0.5, 0.6) is 0 Å². The predicted octanol–water partition coefficient (Wildman–Crippen LogP) is 3.77. The van der Waals surface area contributed by atoms with Gasteiger partial charge in [-0.05, 0) is 51.6 Å². The van der Waals surface area contributed by atoms with Crippen LogP contribution < -0.4 is 4.72 Å². The molecule has 0 aliphatic carbocycles. The number of benzene rings is 1. The summed E-state index contributed by atoms with van der Waals surface area (Å²) in [5.74, 6) is 0.489. The Morgan fingerprint density at radius 1 is 1.13 bits per heavy atom. The highest BCUT2D eigenvalue weighted by Gasteiger charge is 2.23. The molecule has 132 valence electrons. The maximum absolute atomic E-state index is 12.1. The fraction of sp³-hybridized carbons (Fsp3) is 0.571. The number of hydrogen-bond donors (Lipinski definition) is 1. The number of nitrogens with one attached hydrogen (secondary N) is 1. The van der Waals surface area contributed by atoms with Gasteiger partial charge in [0, 0.05) is 12.3 Å². The molecule has 0 aliphatic heterocycles. The van der Waals surface area contributed by atoms with Crippen molar-refractivity contribution in [2.24, 2.45) is 0 Å². The van der Waals surface area contributed by atoms with Gasteiger partial charge >= 0.3 is 0 Å². The summed E-state index contributed by atoms with van der Waals surface area (Å²) < 4.78 is 38.3. The van der Waals surface area contributed by atoms with Crippen LogP contribution in [0.15, 0.2) is 35.2 Å². The molecule has 1 rings (SSSR count). The average Bonchev–Trinajstić information content (AvgIpc) is 2.43. The minimum absolute atomic E-state index is 0.0342. The quantitative estimate of drug-likeness (QED) is 0.479. The predicted molar refractivity (Wildman–Crippen MR) is 101 cm³/mol. The largest absolute Gasteiger partial charge is 0.319 e. The van der Waals surface area contributed by atoms with Gasteiger partial charge in [-0.2, -0.15) is 0 Å². The van der Waals surface area contributed by atoms with Crippen LogP contribution in [-0.2, 0) is 30.9 Å². The Morgan fingerprint density at radius 3 is 2.13 bits per heavy atom. The maximum Gasteiger partial charge on any atom is 0.247 e. The van der Waals surface area contributed by atoms with Gasteiger partial charge < -0.3 is 9.05 Å². The van der Waals surface area contributed by atoms with Gasteiger partial charge in [-0.15, -0.1) is 0 Å². The molecule has 0 radical (unpaired) electrons. The van der Waals surface area contributed by atoms with E-state index < -0.39 is 15.7 Å². The Labute approximate surface area is 148 Å². The van der Waals surface area contributed by atoms with E-state index in [1.54, 1.807) is 30.3 Å². The molecule has 0 unspecified atom stereocenters. The molecule has 0 heterocycles. The molecule has 0 aliphatic rings. The number of hydrogen-bond acceptors (Lipinski definition) is 6. The third-order valence-corrected chi connectivity index (χ3v) is 9.39. The summed E-state index contributed by atoms with van der Waals surface area (Å²) in [4.78, 5) is 0.251. The number of sulfonamides is 1. The van der Waals surface area contributed by atoms with E-state index in [-0.39, 0.29) is 23.6 Å². The smallest absolute Gasteiger partial charge is 0.247 e. The summed E-state index contributed by atoms with van der Waals surface area (Å²) in [7, 11) is -3.49. The number of rotatable bonds is 10. The Balaban J connectivity index is 2.55. The lowest BCUT2D eigenvalue weighted by Gasteiger charge is -2.25. The SMILES string of the molecule is CC(C)OP(=S)(OC(C)C)SCCNS(=O)(=O)c1ccccc1. The standard InChI is InChI=1S/C14H24NO4PS3/c1-12(2)18-20(21,19-13(3)4)22-11-10-15-23(16,17)14-8-6-5-7-9-14/h5-9,12-13,15H,10-11H2,1-4H3. The van der Waals surface area contributed by atoms with E-state index in [9.17, 15) is 8.42 Å². The van der Waals surface area contributed by atoms with Crippen molar-refractivity contribution in [1.82, 2.24) is 4.72 Å². The van der Waals surface area contributed by atoms with Gasteiger partial charge in [-0.25, -0.2) is 13.1 Å². The van der Waals surface area contributed by atoms with Crippen molar-refractivity contribution in [3.8, 4) is 0 Å². The first-order chi connectivity index (χ1) is 10.6. The fourth-order valence-corrected chi connectivity index (χ4v) is 8.47. The highest BCUT2D eigenvalue weighted by Crippen LogP contribution is 2.62. The summed E-state index contributed by atoms with van der Waals surface area (Å²) >= 11 is 6.88. The summed E-state index contributed by atoms with van der Waals surface area (Å²) in [6.45, 7) is 7.89. The van der Waals surface area contributed by atoms with Crippen LogP contribution in [0.25, 0.3) is 0 Å². The molecule has 1 aromatic rings. The molecule has 0 fully saturated rings. The summed E-state index contributed by atoms with van der Waals surface area (Å²) in [6, 6.07) is 8.27. The van der Waals surface area contributed by atoms with Crippen molar-refractivity contribution >= 4 is 38.9 Å². The Hall–Kier alpha value is 0.0500. The van der Waals surface area contributed by atoms with Gasteiger partial charge in [0.05, 0.1) is 17.1 Å². The zero-order chi connectivity index (χ0) is 17.5. The van der Waals surface area contributed by atoms with Crippen molar-refractivity contribution in [2.75, 3.05) is 12.3 Å². The third kappa shape index (κ3) is 8.12. The van der Waals surface area contributed by atoms with E-state index >= 15 is 0 Å². The molecule has 23 heavy (non-hydrogen) atoms. The van der Waals surface area contributed by atoms with Gasteiger partial charge in [0.25, 0.3) is 0 Å². The normalized spacial score (nSPS) is 13.0. The molecule has 0 aromatic heterocycles. The van der Waals surface area contributed by atoms with E-state index in [0.717, 1.165) is 0 Å². The molecule has 1 aromatic carbocycles. The van der Waals surface area contributed by atoms with Crippen LogP contribution in [0.1, 0.15) is 27.7 Å². The third-order valence-electron chi connectivity index (χ3n) is 2.38. The van der Waals surface area contributed by atoms with E-state index in [4.69, 9.17) is 20.9 Å². The molecule has 0 saturated carbocycles. The summed E-state index contributed by atoms with van der Waals surface area (Å²) in [5.41, 5.74) is -2.47. The second kappa shape index (κ2) is 9.51. The fourth-order valence-electron chi connectivity index (χ4n) is 1.62. The summed E-state index contributed by atoms with van der Waals surface area (Å²) in [6.07, 6.45) is -0.0683. The van der Waals surface area contributed by atoms with Crippen LogP contribution in [0.4, 0.5) is 0 Å². The second-order valence-corrected chi connectivity index (χ2v) is 13.4. The zero-order valence-corrected chi connectivity index (χ0v) is 17.1. The van der Waals surface area contributed by atoms with Gasteiger partial charge in [-0.3, -0.25) is 0 Å². The van der Waals surface area contributed by atoms with Crippen molar-refractivity contribution in [1.29, 1.82) is 0 Å². The highest BCUT2D eigenvalue weighted by molar-refractivity contribution is 8.67. The van der Waals surface area contributed by atoms with Crippen LogP contribution in [0.2, 0.25) is 0 Å². The molecule has 1 N–H and O–H groups in total. The minimum atomic E-state index is -3.49. The molecule has 5 nitrogen and oxygen atoms in total. The monoisotopic (exact) mass is 397 g/mol. The molecule has 0 amide bonds. The van der Waals surface area contributed by atoms with E-state index in [0.29, 0.717) is 5.75 Å². The van der Waals surface area contributed by atoms with Crippen LogP contribution >= 0.6 is 17.1 Å². The Morgan fingerprint density at radius 2 is 1.65 bits per heavy atom. The van der Waals surface area contributed by atoms with Gasteiger partial charge in [-0.1, -0.05) is 29.6 Å². The molecule has 0 atom stereocenters. The van der Waals surface area contributed by atoms with Crippen molar-refractivity contribution < 1.29 is 17.5 Å². The molecular weight excluding hydrogens is 373 g/mol. The summed E-state index contributed by atoms with van der Waals surface area (Å²) in [5, 5.41) is 0. The molecular formula is C14H24NO4PS3. The van der Waals surface area contributed by atoms with Crippen molar-refractivity contribution in [2.45, 2.75) is 44.8 Å². The first-order valence-electron chi connectivity index (χ1n) is 7.31. The Bertz CT molecular complexity index is 606. The van der Waals surface area contributed by atoms with Crippen molar-refractivity contribution in [3.05, 3.63) is 30.3 Å². The topological polar surface area (TPSA) is 64.6 Å². The van der Waals surface area contributed by atoms with Gasteiger partial charge in [0.1, 0.15) is 0 Å². The molecule has 0 saturated heterocycles. The highest BCUT2D eigenvalue weighted by atomic mass is 32.9. The van der Waals surface area contributed by atoms with Crippen LogP contribution in [-0.4, -0.2) is 32.9 Å². The lowest BCUT2D eigenvalue weighted by atomic mass is 10.4. The van der Waals surface area contributed by atoms with Crippen LogP contribution in [0.3, 0.4) is 0 Å². The van der Waals surface area contributed by atoms with Crippen LogP contribution in [0, 0.1) is 0 Å². The lowest BCUT2D eigenvalue weighted by Crippen LogP contribution is -2.26.